The predicted octanol–water partition coefficient (Wildman–Crippen LogP) is 1.59. The highest BCUT2D eigenvalue weighted by atomic mass is 16.1. The first kappa shape index (κ1) is 10.0. The van der Waals surface area contributed by atoms with E-state index in [9.17, 15) is 4.79 Å². The summed E-state index contributed by atoms with van der Waals surface area (Å²) in [4.78, 5) is 10.9. The van der Waals surface area contributed by atoms with E-state index >= 15 is 0 Å². The Balaban J connectivity index is 2.62. The third kappa shape index (κ3) is 2.45. The Hall–Kier alpha value is -1.04. The molecule has 0 radical (unpaired) electrons. The molecule has 1 saturated carbocycles. The van der Waals surface area contributed by atoms with E-state index in [0.29, 0.717) is 5.92 Å². The molecule has 0 bridgehead atoms. The number of nitrogens with one attached hydrogen (secondary N) is 1. The van der Waals surface area contributed by atoms with Gasteiger partial charge in [-0.25, -0.2) is 0 Å². The van der Waals surface area contributed by atoms with Gasteiger partial charge in [-0.05, 0) is 31.6 Å². The molecule has 0 aromatic carbocycles. The molecule has 0 saturated heterocycles. The van der Waals surface area contributed by atoms with Gasteiger partial charge in [0.2, 0.25) is 5.91 Å². The molecule has 0 aliphatic heterocycles. The zero-order valence-corrected chi connectivity index (χ0v) is 8.26. The molecule has 1 amide bonds. The van der Waals surface area contributed by atoms with Crippen molar-refractivity contribution in [1.82, 2.24) is 5.32 Å². The standard InChI is InChI=1S/C10H16N2O/c1-8-3-5-10(7-11,6-4-8)12-9(2)13/h8H,3-6H2,1-2H3,(H,12,13). The van der Waals surface area contributed by atoms with Crippen LogP contribution in [0, 0.1) is 17.2 Å². The molecule has 0 unspecified atom stereocenters. The Morgan fingerprint density at radius 1 is 1.54 bits per heavy atom. The minimum absolute atomic E-state index is 0.101. The highest BCUT2D eigenvalue weighted by Crippen LogP contribution is 2.31. The molecule has 1 rings (SSSR count). The van der Waals surface area contributed by atoms with Crippen molar-refractivity contribution in [3.05, 3.63) is 0 Å². The van der Waals surface area contributed by atoms with Gasteiger partial charge in [0, 0.05) is 6.92 Å². The van der Waals surface area contributed by atoms with Crippen molar-refractivity contribution in [2.75, 3.05) is 0 Å². The Morgan fingerprint density at radius 3 is 2.46 bits per heavy atom. The van der Waals surface area contributed by atoms with Gasteiger partial charge in [-0.15, -0.1) is 0 Å². The summed E-state index contributed by atoms with van der Waals surface area (Å²) < 4.78 is 0. The van der Waals surface area contributed by atoms with Gasteiger partial charge in [-0.2, -0.15) is 5.26 Å². The highest BCUT2D eigenvalue weighted by molar-refractivity contribution is 5.74. The van der Waals surface area contributed by atoms with Gasteiger partial charge in [-0.1, -0.05) is 6.92 Å². The Labute approximate surface area is 79.1 Å². The van der Waals surface area contributed by atoms with Gasteiger partial charge in [0.05, 0.1) is 6.07 Å². The average molecular weight is 180 g/mol. The van der Waals surface area contributed by atoms with E-state index in [1.807, 2.05) is 0 Å². The number of rotatable bonds is 1. The summed E-state index contributed by atoms with van der Waals surface area (Å²) >= 11 is 0. The van der Waals surface area contributed by atoms with Gasteiger partial charge in [-0.3, -0.25) is 4.79 Å². The van der Waals surface area contributed by atoms with Crippen LogP contribution in [-0.2, 0) is 4.79 Å². The Bertz CT molecular complexity index is 234. The highest BCUT2D eigenvalue weighted by Gasteiger charge is 2.34. The maximum absolute atomic E-state index is 10.9. The number of carbonyl (C=O) groups excluding carboxylic acids is 1. The molecule has 0 aromatic rings. The van der Waals surface area contributed by atoms with E-state index in [0.717, 1.165) is 25.7 Å². The Morgan fingerprint density at radius 2 is 2.08 bits per heavy atom. The molecule has 13 heavy (non-hydrogen) atoms. The minimum atomic E-state index is -0.571. The summed E-state index contributed by atoms with van der Waals surface area (Å²) in [6.45, 7) is 3.66. The van der Waals surface area contributed by atoms with Crippen LogP contribution in [0.25, 0.3) is 0 Å². The van der Waals surface area contributed by atoms with Crippen LogP contribution in [0.1, 0.15) is 39.5 Å². The van der Waals surface area contributed by atoms with Crippen LogP contribution in [-0.4, -0.2) is 11.4 Å². The smallest absolute Gasteiger partial charge is 0.218 e. The first-order chi connectivity index (χ1) is 6.08. The molecular formula is C10H16N2O. The molecule has 72 valence electrons. The fourth-order valence-electron chi connectivity index (χ4n) is 1.86. The number of amides is 1. The van der Waals surface area contributed by atoms with E-state index in [1.165, 1.54) is 6.92 Å². The SMILES string of the molecule is CC(=O)NC1(C#N)CCC(C)CC1. The topological polar surface area (TPSA) is 52.9 Å². The number of nitriles is 1. The van der Waals surface area contributed by atoms with Crippen LogP contribution in [0.5, 0.6) is 0 Å². The second-order valence-electron chi connectivity index (χ2n) is 4.06. The lowest BCUT2D eigenvalue weighted by molar-refractivity contribution is -0.120. The van der Waals surface area contributed by atoms with Crippen molar-refractivity contribution >= 4 is 5.91 Å². The lowest BCUT2D eigenvalue weighted by Crippen LogP contribution is -2.48. The van der Waals surface area contributed by atoms with Crippen LogP contribution in [0.2, 0.25) is 0 Å². The largest absolute Gasteiger partial charge is 0.338 e. The maximum Gasteiger partial charge on any atom is 0.218 e. The summed E-state index contributed by atoms with van der Waals surface area (Å²) in [5.41, 5.74) is -0.571. The third-order valence-corrected chi connectivity index (χ3v) is 2.76. The van der Waals surface area contributed by atoms with Crippen LogP contribution in [0.15, 0.2) is 0 Å². The van der Waals surface area contributed by atoms with Crippen molar-refractivity contribution in [3.8, 4) is 6.07 Å². The van der Waals surface area contributed by atoms with E-state index in [4.69, 9.17) is 5.26 Å². The first-order valence-corrected chi connectivity index (χ1v) is 4.78. The molecule has 3 nitrogen and oxygen atoms in total. The van der Waals surface area contributed by atoms with E-state index in [1.54, 1.807) is 0 Å². The average Bonchev–Trinajstić information content (AvgIpc) is 2.09. The second kappa shape index (κ2) is 3.78. The van der Waals surface area contributed by atoms with E-state index in [2.05, 4.69) is 18.3 Å². The van der Waals surface area contributed by atoms with E-state index in [-0.39, 0.29) is 5.91 Å². The normalized spacial score (nSPS) is 33.5. The van der Waals surface area contributed by atoms with Crippen LogP contribution in [0.3, 0.4) is 0 Å². The van der Waals surface area contributed by atoms with Gasteiger partial charge in [0.1, 0.15) is 5.54 Å². The molecule has 0 aromatic heterocycles. The quantitative estimate of drug-likeness (QED) is 0.666. The fraction of sp³-hybridized carbons (Fsp3) is 0.800. The van der Waals surface area contributed by atoms with Crippen LogP contribution >= 0.6 is 0 Å². The van der Waals surface area contributed by atoms with Gasteiger partial charge < -0.3 is 5.32 Å². The molecule has 0 spiro atoms. The molecule has 1 aliphatic rings. The predicted molar refractivity (Wildman–Crippen MR) is 49.8 cm³/mol. The van der Waals surface area contributed by atoms with Crippen molar-refractivity contribution < 1.29 is 4.79 Å². The summed E-state index contributed by atoms with van der Waals surface area (Å²) in [5.74, 6) is 0.589. The first-order valence-electron chi connectivity index (χ1n) is 4.78. The number of carbonyl (C=O) groups is 1. The number of hydrogen-bond donors (Lipinski definition) is 1. The van der Waals surface area contributed by atoms with Crippen molar-refractivity contribution in [3.63, 3.8) is 0 Å². The maximum atomic E-state index is 10.9. The van der Waals surface area contributed by atoms with Crippen LogP contribution < -0.4 is 5.32 Å². The monoisotopic (exact) mass is 180 g/mol. The minimum Gasteiger partial charge on any atom is -0.338 e. The van der Waals surface area contributed by atoms with Crippen molar-refractivity contribution in [2.24, 2.45) is 5.92 Å². The zero-order chi connectivity index (χ0) is 9.90. The lowest BCUT2D eigenvalue weighted by Gasteiger charge is -2.33. The molecule has 1 fully saturated rings. The van der Waals surface area contributed by atoms with Gasteiger partial charge in [0.15, 0.2) is 0 Å². The van der Waals surface area contributed by atoms with E-state index < -0.39 is 5.54 Å². The fourth-order valence-corrected chi connectivity index (χ4v) is 1.86. The Kier molecular flexibility index (Phi) is 2.92. The third-order valence-electron chi connectivity index (χ3n) is 2.76. The summed E-state index contributed by atoms with van der Waals surface area (Å²) in [6, 6.07) is 2.24. The van der Waals surface area contributed by atoms with Crippen molar-refractivity contribution in [2.45, 2.75) is 45.1 Å². The molecular weight excluding hydrogens is 164 g/mol. The zero-order valence-electron chi connectivity index (χ0n) is 8.26. The second-order valence-corrected chi connectivity index (χ2v) is 4.06. The molecule has 1 aliphatic carbocycles. The lowest BCUT2D eigenvalue weighted by atomic mass is 9.78. The van der Waals surface area contributed by atoms with Gasteiger partial charge >= 0.3 is 0 Å². The molecule has 3 heteroatoms. The van der Waals surface area contributed by atoms with Crippen molar-refractivity contribution in [1.29, 1.82) is 5.26 Å². The summed E-state index contributed by atoms with van der Waals surface area (Å²) in [6.07, 6.45) is 3.66. The van der Waals surface area contributed by atoms with Gasteiger partial charge in [0.25, 0.3) is 0 Å². The van der Waals surface area contributed by atoms with Crippen LogP contribution in [0.4, 0.5) is 0 Å². The number of nitrogens with zero attached hydrogens (tertiary/aromatic N) is 1. The summed E-state index contributed by atoms with van der Waals surface area (Å²) in [5, 5.41) is 11.8. The molecule has 0 atom stereocenters. The number of hydrogen-bond acceptors (Lipinski definition) is 2. The summed E-state index contributed by atoms with van der Waals surface area (Å²) in [7, 11) is 0. The molecule has 1 N–H and O–H groups in total. The molecule has 0 heterocycles.